The van der Waals surface area contributed by atoms with E-state index in [9.17, 15) is 0 Å². The van der Waals surface area contributed by atoms with E-state index in [0.717, 1.165) is 61.9 Å². The van der Waals surface area contributed by atoms with E-state index in [2.05, 4.69) is 88.7 Å². The fourth-order valence-electron chi connectivity index (χ4n) is 6.25. The second-order valence-corrected chi connectivity index (χ2v) is 13.0. The molecule has 0 bridgehead atoms. The van der Waals surface area contributed by atoms with E-state index in [1.807, 2.05) is 0 Å². The number of piperidine rings is 2. The van der Waals surface area contributed by atoms with Crippen molar-refractivity contribution >= 4 is 0 Å². The van der Waals surface area contributed by atoms with Crippen LogP contribution >= 0.6 is 0 Å². The molecule has 196 valence electrons. The Morgan fingerprint density at radius 3 is 2.08 bits per heavy atom. The van der Waals surface area contributed by atoms with Crippen molar-refractivity contribution in [2.45, 2.75) is 84.7 Å². The number of aromatic nitrogens is 2. The standard InChI is InChI=1S/C31H46N4O/c1-20(2)34-14-12-23(13-15-34)29-25(16-32-30(33-29)31(5,6)7)22-8-10-24(11-9-22)36-19-28-26-17-35(21(3)4)18-27(26)28/h8-11,16,20-21,23,26-28H,12-15,17-19H2,1-7H3. The van der Waals surface area contributed by atoms with E-state index < -0.39 is 0 Å². The molecule has 3 aliphatic rings. The van der Waals surface area contributed by atoms with Gasteiger partial charge in [-0.15, -0.1) is 0 Å². The van der Waals surface area contributed by atoms with Crippen molar-refractivity contribution in [1.82, 2.24) is 19.8 Å². The van der Waals surface area contributed by atoms with Gasteiger partial charge in [-0.3, -0.25) is 0 Å². The lowest BCUT2D eigenvalue weighted by molar-refractivity contribution is 0.171. The Kier molecular flexibility index (Phi) is 7.17. The quantitative estimate of drug-likeness (QED) is 0.477. The molecule has 0 N–H and O–H groups in total. The monoisotopic (exact) mass is 490 g/mol. The van der Waals surface area contributed by atoms with Crippen molar-refractivity contribution < 1.29 is 4.74 Å². The molecule has 2 aliphatic heterocycles. The normalized spacial score (nSPS) is 25.5. The summed E-state index contributed by atoms with van der Waals surface area (Å²) >= 11 is 0. The van der Waals surface area contributed by atoms with E-state index >= 15 is 0 Å². The van der Waals surface area contributed by atoms with E-state index in [1.165, 1.54) is 29.9 Å². The van der Waals surface area contributed by atoms with Crippen molar-refractivity contribution in [2.75, 3.05) is 32.8 Å². The van der Waals surface area contributed by atoms with Gasteiger partial charge in [0.15, 0.2) is 0 Å². The van der Waals surface area contributed by atoms with E-state index in [0.29, 0.717) is 18.0 Å². The molecule has 5 rings (SSSR count). The van der Waals surface area contributed by atoms with Gasteiger partial charge < -0.3 is 14.5 Å². The molecule has 2 aromatic rings. The SMILES string of the molecule is CC(C)N1CCC(c2nc(C(C)(C)C)ncc2-c2ccc(OCC3C4CN(C(C)C)CC34)cc2)CC1. The van der Waals surface area contributed by atoms with Crippen LogP contribution in [0.4, 0.5) is 0 Å². The number of benzene rings is 1. The van der Waals surface area contributed by atoms with Gasteiger partial charge in [-0.05, 0) is 83.2 Å². The van der Waals surface area contributed by atoms with E-state index in [4.69, 9.17) is 14.7 Å². The fourth-order valence-corrected chi connectivity index (χ4v) is 6.25. The van der Waals surface area contributed by atoms with Gasteiger partial charge in [0.05, 0.1) is 12.3 Å². The Hall–Kier alpha value is -1.98. The molecule has 2 unspecified atom stereocenters. The molecule has 3 fully saturated rings. The average molecular weight is 491 g/mol. The molecule has 1 aromatic heterocycles. The van der Waals surface area contributed by atoms with Crippen LogP contribution in [0.1, 0.15) is 78.7 Å². The van der Waals surface area contributed by atoms with E-state index in [-0.39, 0.29) is 5.41 Å². The first-order valence-corrected chi connectivity index (χ1v) is 14.2. The van der Waals surface area contributed by atoms with Gasteiger partial charge in [0, 0.05) is 54.2 Å². The molecule has 2 saturated heterocycles. The Bertz CT molecular complexity index is 1020. The second kappa shape index (κ2) is 10.1. The van der Waals surface area contributed by atoms with Crippen LogP contribution in [-0.2, 0) is 5.41 Å². The van der Waals surface area contributed by atoms with Gasteiger partial charge in [-0.25, -0.2) is 9.97 Å². The zero-order chi connectivity index (χ0) is 25.6. The van der Waals surface area contributed by atoms with Gasteiger partial charge in [0.1, 0.15) is 11.6 Å². The van der Waals surface area contributed by atoms with Crippen LogP contribution < -0.4 is 4.74 Å². The lowest BCUT2D eigenvalue weighted by Crippen LogP contribution is -2.38. The van der Waals surface area contributed by atoms with Gasteiger partial charge in [0.25, 0.3) is 0 Å². The highest BCUT2D eigenvalue weighted by atomic mass is 16.5. The molecule has 0 radical (unpaired) electrons. The topological polar surface area (TPSA) is 41.5 Å². The van der Waals surface area contributed by atoms with Crippen LogP contribution in [0.2, 0.25) is 0 Å². The van der Waals surface area contributed by atoms with Gasteiger partial charge in [0.2, 0.25) is 0 Å². The molecule has 2 atom stereocenters. The number of hydrogen-bond acceptors (Lipinski definition) is 5. The summed E-state index contributed by atoms with van der Waals surface area (Å²) in [4.78, 5) is 15.2. The van der Waals surface area contributed by atoms with E-state index in [1.54, 1.807) is 0 Å². The van der Waals surface area contributed by atoms with Crippen molar-refractivity contribution in [3.8, 4) is 16.9 Å². The summed E-state index contributed by atoms with van der Waals surface area (Å²) < 4.78 is 6.24. The molecule has 5 heteroatoms. The molecular weight excluding hydrogens is 444 g/mol. The molecule has 36 heavy (non-hydrogen) atoms. The van der Waals surface area contributed by atoms with Crippen molar-refractivity contribution in [3.63, 3.8) is 0 Å². The maximum absolute atomic E-state index is 6.24. The zero-order valence-corrected chi connectivity index (χ0v) is 23.5. The summed E-state index contributed by atoms with van der Waals surface area (Å²) in [5, 5.41) is 0. The summed E-state index contributed by atoms with van der Waals surface area (Å²) in [6, 6.07) is 9.95. The fraction of sp³-hybridized carbons (Fsp3) is 0.677. The predicted molar refractivity (Wildman–Crippen MR) is 148 cm³/mol. The number of fused-ring (bicyclic) bond motifs is 1. The third kappa shape index (κ3) is 5.33. The molecule has 3 heterocycles. The molecule has 5 nitrogen and oxygen atoms in total. The molecule has 0 spiro atoms. The summed E-state index contributed by atoms with van der Waals surface area (Å²) in [6.45, 7) is 21.4. The Balaban J connectivity index is 1.28. The Morgan fingerprint density at radius 1 is 0.917 bits per heavy atom. The van der Waals surface area contributed by atoms with Crippen LogP contribution in [0.25, 0.3) is 11.1 Å². The molecule has 0 amide bonds. The zero-order valence-electron chi connectivity index (χ0n) is 23.5. The summed E-state index contributed by atoms with van der Waals surface area (Å²) in [5.41, 5.74) is 3.55. The second-order valence-electron chi connectivity index (χ2n) is 13.0. The number of nitrogens with zero attached hydrogens (tertiary/aromatic N) is 4. The Labute approximate surface area is 218 Å². The van der Waals surface area contributed by atoms with Gasteiger partial charge in [-0.2, -0.15) is 0 Å². The van der Waals surface area contributed by atoms with Gasteiger partial charge >= 0.3 is 0 Å². The number of rotatable bonds is 7. The van der Waals surface area contributed by atoms with Crippen LogP contribution in [0.5, 0.6) is 5.75 Å². The highest BCUT2D eigenvalue weighted by molar-refractivity contribution is 5.66. The van der Waals surface area contributed by atoms with Crippen LogP contribution in [0.3, 0.4) is 0 Å². The first kappa shape index (κ1) is 25.7. The summed E-state index contributed by atoms with van der Waals surface area (Å²) in [6.07, 6.45) is 4.38. The predicted octanol–water partition coefficient (Wildman–Crippen LogP) is 5.99. The minimum atomic E-state index is -0.0586. The third-order valence-electron chi connectivity index (χ3n) is 8.87. The highest BCUT2D eigenvalue weighted by Crippen LogP contribution is 2.52. The maximum Gasteiger partial charge on any atom is 0.133 e. The lowest BCUT2D eigenvalue weighted by Gasteiger charge is -2.35. The third-order valence-corrected chi connectivity index (χ3v) is 8.87. The maximum atomic E-state index is 6.24. The van der Waals surface area contributed by atoms with Crippen molar-refractivity contribution in [1.29, 1.82) is 0 Å². The molecular formula is C31H46N4O. The minimum Gasteiger partial charge on any atom is -0.493 e. The van der Waals surface area contributed by atoms with Crippen LogP contribution in [0.15, 0.2) is 30.5 Å². The molecule has 1 saturated carbocycles. The lowest BCUT2D eigenvalue weighted by atomic mass is 9.87. The summed E-state index contributed by atoms with van der Waals surface area (Å²) in [5.74, 6) is 4.82. The van der Waals surface area contributed by atoms with Gasteiger partial charge in [-0.1, -0.05) is 32.9 Å². The number of ether oxygens (including phenoxy) is 1. The highest BCUT2D eigenvalue weighted by Gasteiger charge is 2.56. The first-order valence-electron chi connectivity index (χ1n) is 14.2. The largest absolute Gasteiger partial charge is 0.493 e. The molecule has 1 aliphatic carbocycles. The van der Waals surface area contributed by atoms with Crippen LogP contribution in [0, 0.1) is 17.8 Å². The minimum absolute atomic E-state index is 0.0586. The Morgan fingerprint density at radius 2 is 1.53 bits per heavy atom. The summed E-state index contributed by atoms with van der Waals surface area (Å²) in [7, 11) is 0. The molecule has 1 aromatic carbocycles. The number of hydrogen-bond donors (Lipinski definition) is 0. The van der Waals surface area contributed by atoms with Crippen molar-refractivity contribution in [3.05, 3.63) is 42.0 Å². The smallest absolute Gasteiger partial charge is 0.133 e. The van der Waals surface area contributed by atoms with Crippen LogP contribution in [-0.4, -0.2) is 64.6 Å². The van der Waals surface area contributed by atoms with Crippen molar-refractivity contribution in [2.24, 2.45) is 17.8 Å². The number of likely N-dealkylation sites (tertiary alicyclic amines) is 2. The first-order chi connectivity index (χ1) is 17.1. The average Bonchev–Trinajstić information content (AvgIpc) is 3.29.